The molecule has 0 aromatic carbocycles. The molecule has 6 heteroatoms. The van der Waals surface area contributed by atoms with Crippen LogP contribution in [-0.4, -0.2) is 34.5 Å². The first-order valence-electron chi connectivity index (χ1n) is 7.22. The third kappa shape index (κ3) is 3.00. The van der Waals surface area contributed by atoms with Gasteiger partial charge in [0.05, 0.1) is 12.7 Å². The highest BCUT2D eigenvalue weighted by Gasteiger charge is 2.18. The lowest BCUT2D eigenvalue weighted by atomic mass is 10.2. The summed E-state index contributed by atoms with van der Waals surface area (Å²) in [6.45, 7) is 1.59. The number of nitrogens with one attached hydrogen (secondary N) is 1. The van der Waals surface area contributed by atoms with Gasteiger partial charge in [-0.25, -0.2) is 4.98 Å². The third-order valence-electron chi connectivity index (χ3n) is 3.57. The maximum atomic E-state index is 12.2. The van der Waals surface area contributed by atoms with E-state index >= 15 is 0 Å². The molecule has 0 atom stereocenters. The Morgan fingerprint density at radius 1 is 1.43 bits per heavy atom. The fourth-order valence-electron chi connectivity index (χ4n) is 2.59. The van der Waals surface area contributed by atoms with Crippen molar-refractivity contribution in [3.8, 4) is 0 Å². The molecule has 1 aliphatic heterocycles. The number of nitrogens with zero attached hydrogens (tertiary/aromatic N) is 3. The highest BCUT2D eigenvalue weighted by molar-refractivity contribution is 6.01. The number of hydrogen-bond donors (Lipinski definition) is 1. The van der Waals surface area contributed by atoms with E-state index in [0.717, 1.165) is 43.2 Å². The molecule has 0 spiro atoms. The number of amides is 1. The summed E-state index contributed by atoms with van der Waals surface area (Å²) < 4.78 is 7.64. The molecule has 0 fully saturated rings. The van der Waals surface area contributed by atoms with E-state index in [2.05, 4.69) is 14.9 Å². The molecule has 3 heterocycles. The van der Waals surface area contributed by atoms with Crippen molar-refractivity contribution in [2.45, 2.75) is 32.4 Å². The van der Waals surface area contributed by atoms with Crippen LogP contribution in [0.25, 0.3) is 0 Å². The van der Waals surface area contributed by atoms with Gasteiger partial charge in [-0.3, -0.25) is 4.79 Å². The smallest absolute Gasteiger partial charge is 0.292 e. The lowest BCUT2D eigenvalue weighted by Crippen LogP contribution is -2.18. The molecule has 0 bridgehead atoms. The topological polar surface area (TPSA) is 63.3 Å². The Labute approximate surface area is 123 Å². The first kappa shape index (κ1) is 13.9. The fraction of sp³-hybridized carbons (Fsp3) is 0.467. The van der Waals surface area contributed by atoms with Gasteiger partial charge >= 0.3 is 0 Å². The van der Waals surface area contributed by atoms with Gasteiger partial charge in [0.1, 0.15) is 17.4 Å². The molecule has 21 heavy (non-hydrogen) atoms. The van der Waals surface area contributed by atoms with Gasteiger partial charge in [0.15, 0.2) is 5.76 Å². The second-order valence-electron chi connectivity index (χ2n) is 5.63. The molecule has 2 aromatic rings. The van der Waals surface area contributed by atoms with Crippen LogP contribution < -0.4 is 5.32 Å². The normalized spacial score (nSPS) is 14.2. The largest absolute Gasteiger partial charge is 0.455 e. The van der Waals surface area contributed by atoms with Crippen molar-refractivity contribution < 1.29 is 9.21 Å². The summed E-state index contributed by atoms with van der Waals surface area (Å²) in [7, 11) is 3.92. The predicted molar refractivity (Wildman–Crippen MR) is 79.2 cm³/mol. The zero-order valence-corrected chi connectivity index (χ0v) is 12.4. The fourth-order valence-corrected chi connectivity index (χ4v) is 2.59. The van der Waals surface area contributed by atoms with Crippen molar-refractivity contribution in [3.05, 3.63) is 35.7 Å². The molecule has 1 N–H and O–H groups in total. The van der Waals surface area contributed by atoms with Crippen molar-refractivity contribution in [3.63, 3.8) is 0 Å². The van der Waals surface area contributed by atoms with E-state index in [-0.39, 0.29) is 5.91 Å². The number of imidazole rings is 1. The molecule has 1 aliphatic rings. The molecule has 0 unspecified atom stereocenters. The maximum absolute atomic E-state index is 12.2. The molecule has 0 saturated heterocycles. The van der Waals surface area contributed by atoms with Crippen LogP contribution in [0, 0.1) is 0 Å². The molecule has 0 saturated carbocycles. The van der Waals surface area contributed by atoms with Crippen LogP contribution in [0.2, 0.25) is 0 Å². The number of carbonyl (C=O) groups excluding carboxylic acids is 1. The van der Waals surface area contributed by atoms with Gasteiger partial charge in [-0.05, 0) is 39.1 Å². The Morgan fingerprint density at radius 3 is 3.10 bits per heavy atom. The van der Waals surface area contributed by atoms with Crippen LogP contribution in [0.1, 0.15) is 35.0 Å². The monoisotopic (exact) mass is 288 g/mol. The predicted octanol–water partition coefficient (Wildman–Crippen LogP) is 2.13. The van der Waals surface area contributed by atoms with E-state index in [0.29, 0.717) is 12.3 Å². The first-order valence-corrected chi connectivity index (χ1v) is 7.22. The number of rotatable bonds is 4. The van der Waals surface area contributed by atoms with Crippen LogP contribution in [0.3, 0.4) is 0 Å². The molecule has 0 aliphatic carbocycles. The molecule has 0 radical (unpaired) electrons. The van der Waals surface area contributed by atoms with Gasteiger partial charge in [-0.15, -0.1) is 0 Å². The molecule has 2 aromatic heterocycles. The van der Waals surface area contributed by atoms with Crippen molar-refractivity contribution >= 4 is 11.7 Å². The number of hydrogen-bond acceptors (Lipinski definition) is 4. The minimum atomic E-state index is -0.228. The van der Waals surface area contributed by atoms with Gasteiger partial charge in [-0.1, -0.05) is 0 Å². The summed E-state index contributed by atoms with van der Waals surface area (Å²) in [5.74, 6) is 2.68. The summed E-state index contributed by atoms with van der Waals surface area (Å²) in [5, 5.41) is 2.89. The number of fused-ring (bicyclic) bond motifs is 1. The molecule has 1 amide bonds. The minimum Gasteiger partial charge on any atom is -0.455 e. The lowest BCUT2D eigenvalue weighted by molar-refractivity contribution is 0.0992. The Kier molecular flexibility index (Phi) is 3.79. The molecular weight excluding hydrogens is 268 g/mol. The quantitative estimate of drug-likeness (QED) is 0.936. The van der Waals surface area contributed by atoms with Crippen LogP contribution in [0.5, 0.6) is 0 Å². The molecule has 3 rings (SSSR count). The number of furan rings is 1. The zero-order valence-electron chi connectivity index (χ0n) is 12.4. The Morgan fingerprint density at radius 2 is 2.29 bits per heavy atom. The van der Waals surface area contributed by atoms with E-state index in [1.54, 1.807) is 12.3 Å². The number of aryl methyl sites for hydroxylation is 1. The average molecular weight is 288 g/mol. The highest BCUT2D eigenvalue weighted by Crippen LogP contribution is 2.20. The summed E-state index contributed by atoms with van der Waals surface area (Å²) in [4.78, 5) is 18.6. The summed E-state index contributed by atoms with van der Waals surface area (Å²) in [6.07, 6.45) is 4.99. The highest BCUT2D eigenvalue weighted by atomic mass is 16.4. The zero-order chi connectivity index (χ0) is 14.8. The summed E-state index contributed by atoms with van der Waals surface area (Å²) in [6, 6.07) is 3.54. The van der Waals surface area contributed by atoms with Crippen LogP contribution in [0.4, 0.5) is 5.82 Å². The van der Waals surface area contributed by atoms with E-state index < -0.39 is 0 Å². The van der Waals surface area contributed by atoms with Crippen LogP contribution >= 0.6 is 0 Å². The molecule has 112 valence electrons. The van der Waals surface area contributed by atoms with Gasteiger partial charge in [-0.2, -0.15) is 0 Å². The van der Waals surface area contributed by atoms with E-state index in [1.165, 1.54) is 0 Å². The Hall–Kier alpha value is -2.08. The van der Waals surface area contributed by atoms with E-state index in [1.807, 2.05) is 25.1 Å². The van der Waals surface area contributed by atoms with Crippen molar-refractivity contribution in [2.75, 3.05) is 19.4 Å². The molecular formula is C15H20N4O2. The minimum absolute atomic E-state index is 0.228. The third-order valence-corrected chi connectivity index (χ3v) is 3.57. The Balaban J connectivity index is 1.71. The Bertz CT molecular complexity index is 642. The standard InChI is InChI=1S/C15H20N4O2/c1-18(2)10-11-6-7-12(21-11)15(20)17-14-9-16-13-5-3-4-8-19(13)14/h6-7,9H,3-5,8,10H2,1-2H3,(H,17,20). The lowest BCUT2D eigenvalue weighted by Gasteiger charge is -2.16. The van der Waals surface area contributed by atoms with Crippen molar-refractivity contribution in [1.29, 1.82) is 0 Å². The van der Waals surface area contributed by atoms with Crippen molar-refractivity contribution in [2.24, 2.45) is 0 Å². The number of aromatic nitrogens is 2. The van der Waals surface area contributed by atoms with E-state index in [4.69, 9.17) is 4.42 Å². The van der Waals surface area contributed by atoms with Crippen LogP contribution in [0.15, 0.2) is 22.7 Å². The SMILES string of the molecule is CN(C)Cc1ccc(C(=O)Nc2cnc3n2CCCC3)o1. The van der Waals surface area contributed by atoms with Gasteiger partial charge < -0.3 is 19.2 Å². The van der Waals surface area contributed by atoms with Gasteiger partial charge in [0.25, 0.3) is 5.91 Å². The second kappa shape index (κ2) is 5.73. The number of carbonyl (C=O) groups is 1. The van der Waals surface area contributed by atoms with Crippen LogP contribution in [-0.2, 0) is 19.5 Å². The van der Waals surface area contributed by atoms with Gasteiger partial charge in [0, 0.05) is 13.0 Å². The van der Waals surface area contributed by atoms with E-state index in [9.17, 15) is 4.79 Å². The van der Waals surface area contributed by atoms with Crippen molar-refractivity contribution in [1.82, 2.24) is 14.5 Å². The maximum Gasteiger partial charge on any atom is 0.292 e. The van der Waals surface area contributed by atoms with Gasteiger partial charge in [0.2, 0.25) is 0 Å². The first-order chi connectivity index (χ1) is 10.1. The number of anilines is 1. The second-order valence-corrected chi connectivity index (χ2v) is 5.63. The average Bonchev–Trinajstić information content (AvgIpc) is 3.06. The summed E-state index contributed by atoms with van der Waals surface area (Å²) >= 11 is 0. The summed E-state index contributed by atoms with van der Waals surface area (Å²) in [5.41, 5.74) is 0. The molecule has 6 nitrogen and oxygen atoms in total.